The van der Waals surface area contributed by atoms with E-state index in [-0.39, 0.29) is 11.9 Å². The van der Waals surface area contributed by atoms with Crippen LogP contribution in [0.15, 0.2) is 40.2 Å². The third kappa shape index (κ3) is 2.03. The molecule has 0 aliphatic carbocycles. The molecule has 0 amide bonds. The van der Waals surface area contributed by atoms with E-state index < -0.39 is 0 Å². The van der Waals surface area contributed by atoms with Crippen molar-refractivity contribution >= 4 is 33.0 Å². The minimum Gasteiger partial charge on any atom is -0.482 e. The molecule has 0 radical (unpaired) electrons. The van der Waals surface area contributed by atoms with Crippen molar-refractivity contribution in [1.82, 2.24) is 0 Å². The van der Waals surface area contributed by atoms with Crippen LogP contribution in [0.1, 0.15) is 15.2 Å². The Labute approximate surface area is 111 Å². The standard InChI is InChI=1S/C13H9BrO2S/c14-12-6-5-11(17-12)13(15)10-7-8-3-1-2-4-9(8)16-10/h1-6,10H,7H2. The molecular formula is C13H9BrO2S. The smallest absolute Gasteiger partial charge is 0.213 e. The van der Waals surface area contributed by atoms with E-state index in [9.17, 15) is 4.79 Å². The topological polar surface area (TPSA) is 26.3 Å². The largest absolute Gasteiger partial charge is 0.482 e. The van der Waals surface area contributed by atoms with Gasteiger partial charge in [0.25, 0.3) is 0 Å². The number of halogens is 1. The Morgan fingerprint density at radius 2 is 2.12 bits per heavy atom. The Hall–Kier alpha value is -1.13. The summed E-state index contributed by atoms with van der Waals surface area (Å²) in [7, 11) is 0. The first kappa shape index (κ1) is 11.0. The number of hydrogen-bond acceptors (Lipinski definition) is 3. The highest BCUT2D eigenvalue weighted by Crippen LogP contribution is 2.31. The maximum Gasteiger partial charge on any atom is 0.213 e. The zero-order chi connectivity index (χ0) is 11.8. The third-order valence-electron chi connectivity index (χ3n) is 2.76. The van der Waals surface area contributed by atoms with Crippen molar-refractivity contribution in [2.75, 3.05) is 0 Å². The SMILES string of the molecule is O=C(c1ccc(Br)s1)C1Cc2ccccc2O1. The third-order valence-corrected chi connectivity index (χ3v) is 4.39. The number of rotatable bonds is 2. The van der Waals surface area contributed by atoms with Crippen molar-refractivity contribution in [3.63, 3.8) is 0 Å². The van der Waals surface area contributed by atoms with Gasteiger partial charge in [0.05, 0.1) is 8.66 Å². The lowest BCUT2D eigenvalue weighted by Crippen LogP contribution is -2.24. The number of hydrogen-bond donors (Lipinski definition) is 0. The fourth-order valence-corrected chi connectivity index (χ4v) is 3.30. The van der Waals surface area contributed by atoms with Gasteiger partial charge in [0, 0.05) is 6.42 Å². The van der Waals surface area contributed by atoms with Crippen LogP contribution in [-0.2, 0) is 6.42 Å². The first-order valence-corrected chi connectivity index (χ1v) is 6.89. The molecule has 86 valence electrons. The normalized spacial score (nSPS) is 17.6. The van der Waals surface area contributed by atoms with Crippen LogP contribution in [0.25, 0.3) is 0 Å². The van der Waals surface area contributed by atoms with Gasteiger partial charge in [-0.05, 0) is 39.7 Å². The molecule has 1 atom stereocenters. The summed E-state index contributed by atoms with van der Waals surface area (Å²) in [6.45, 7) is 0. The second-order valence-corrected chi connectivity index (χ2v) is 6.35. The predicted octanol–water partition coefficient (Wildman–Crippen LogP) is 3.70. The molecule has 1 aromatic heterocycles. The summed E-state index contributed by atoms with van der Waals surface area (Å²) < 4.78 is 6.64. The number of fused-ring (bicyclic) bond motifs is 1. The van der Waals surface area contributed by atoms with E-state index in [4.69, 9.17) is 4.74 Å². The summed E-state index contributed by atoms with van der Waals surface area (Å²) in [6.07, 6.45) is 0.308. The van der Waals surface area contributed by atoms with Gasteiger partial charge in [0.15, 0.2) is 6.10 Å². The zero-order valence-corrected chi connectivity index (χ0v) is 11.3. The van der Waals surface area contributed by atoms with Crippen LogP contribution in [0.3, 0.4) is 0 Å². The molecule has 0 fully saturated rings. The molecule has 0 N–H and O–H groups in total. The van der Waals surface area contributed by atoms with Crippen LogP contribution in [-0.4, -0.2) is 11.9 Å². The van der Waals surface area contributed by atoms with Gasteiger partial charge in [-0.2, -0.15) is 0 Å². The maximum atomic E-state index is 12.2. The Bertz CT molecular complexity index is 551. The average Bonchev–Trinajstić information content (AvgIpc) is 2.93. The molecule has 17 heavy (non-hydrogen) atoms. The Morgan fingerprint density at radius 1 is 1.29 bits per heavy atom. The van der Waals surface area contributed by atoms with E-state index in [2.05, 4.69) is 15.9 Å². The number of thiophene rings is 1. The van der Waals surface area contributed by atoms with Gasteiger partial charge < -0.3 is 4.74 Å². The predicted molar refractivity (Wildman–Crippen MR) is 70.9 cm³/mol. The van der Waals surface area contributed by atoms with E-state index in [1.54, 1.807) is 0 Å². The summed E-state index contributed by atoms with van der Waals surface area (Å²) in [5, 5.41) is 0. The number of Topliss-reactive ketones (excluding diaryl/α,β-unsaturated/α-hetero) is 1. The number of ether oxygens (including phenoxy) is 1. The molecule has 1 aliphatic heterocycles. The number of ketones is 1. The van der Waals surface area contributed by atoms with Gasteiger partial charge in [-0.3, -0.25) is 4.79 Å². The molecule has 1 unspecified atom stereocenters. The van der Waals surface area contributed by atoms with Gasteiger partial charge >= 0.3 is 0 Å². The van der Waals surface area contributed by atoms with Crippen molar-refractivity contribution in [2.24, 2.45) is 0 Å². The molecule has 0 saturated heterocycles. The van der Waals surface area contributed by atoms with Crippen LogP contribution in [0, 0.1) is 0 Å². The summed E-state index contributed by atoms with van der Waals surface area (Å²) >= 11 is 4.81. The van der Waals surface area contributed by atoms with Crippen LogP contribution >= 0.6 is 27.3 Å². The van der Waals surface area contributed by atoms with Gasteiger partial charge in [-0.15, -0.1) is 11.3 Å². The lowest BCUT2D eigenvalue weighted by molar-refractivity contribution is 0.0829. The minimum absolute atomic E-state index is 0.0666. The monoisotopic (exact) mass is 308 g/mol. The highest BCUT2D eigenvalue weighted by atomic mass is 79.9. The first-order valence-electron chi connectivity index (χ1n) is 5.28. The van der Waals surface area contributed by atoms with Crippen LogP contribution in [0.4, 0.5) is 0 Å². The van der Waals surface area contributed by atoms with Crippen molar-refractivity contribution in [3.05, 3.63) is 50.6 Å². The fraction of sp³-hybridized carbons (Fsp3) is 0.154. The van der Waals surface area contributed by atoms with Crippen molar-refractivity contribution in [2.45, 2.75) is 12.5 Å². The van der Waals surface area contributed by atoms with E-state index in [1.807, 2.05) is 36.4 Å². The van der Waals surface area contributed by atoms with Gasteiger partial charge in [-0.25, -0.2) is 0 Å². The van der Waals surface area contributed by atoms with Crippen molar-refractivity contribution < 1.29 is 9.53 Å². The van der Waals surface area contributed by atoms with E-state index in [1.165, 1.54) is 11.3 Å². The van der Waals surface area contributed by atoms with Crippen LogP contribution in [0.2, 0.25) is 0 Å². The Kier molecular flexibility index (Phi) is 2.76. The van der Waals surface area contributed by atoms with Gasteiger partial charge in [-0.1, -0.05) is 18.2 Å². The molecule has 4 heteroatoms. The first-order chi connectivity index (χ1) is 8.24. The van der Waals surface area contributed by atoms with Gasteiger partial charge in [0.2, 0.25) is 5.78 Å². The molecule has 0 bridgehead atoms. The molecule has 2 nitrogen and oxygen atoms in total. The van der Waals surface area contributed by atoms with E-state index in [0.717, 1.165) is 20.0 Å². The van der Waals surface area contributed by atoms with Crippen molar-refractivity contribution in [1.29, 1.82) is 0 Å². The fourth-order valence-electron chi connectivity index (χ4n) is 1.93. The Balaban J connectivity index is 1.83. The lowest BCUT2D eigenvalue weighted by Gasteiger charge is -2.07. The number of carbonyl (C=O) groups excluding carboxylic acids is 1. The molecule has 2 heterocycles. The minimum atomic E-state index is -0.363. The highest BCUT2D eigenvalue weighted by molar-refractivity contribution is 9.11. The number of benzene rings is 1. The summed E-state index contributed by atoms with van der Waals surface area (Å²) in [6, 6.07) is 11.5. The summed E-state index contributed by atoms with van der Waals surface area (Å²) in [5.41, 5.74) is 1.11. The zero-order valence-electron chi connectivity index (χ0n) is 8.85. The number of para-hydroxylation sites is 1. The molecule has 2 aromatic rings. The number of carbonyl (C=O) groups is 1. The lowest BCUT2D eigenvalue weighted by atomic mass is 10.1. The maximum absolute atomic E-state index is 12.2. The molecule has 1 aliphatic rings. The van der Waals surface area contributed by atoms with E-state index in [0.29, 0.717) is 6.42 Å². The second-order valence-electron chi connectivity index (χ2n) is 3.89. The van der Waals surface area contributed by atoms with Crippen molar-refractivity contribution in [3.8, 4) is 5.75 Å². The quantitative estimate of drug-likeness (QED) is 0.791. The molecule has 0 spiro atoms. The average molecular weight is 309 g/mol. The molecular weight excluding hydrogens is 300 g/mol. The van der Waals surface area contributed by atoms with Crippen LogP contribution < -0.4 is 4.74 Å². The van der Waals surface area contributed by atoms with Gasteiger partial charge in [0.1, 0.15) is 5.75 Å². The molecule has 1 aromatic carbocycles. The molecule has 0 saturated carbocycles. The van der Waals surface area contributed by atoms with Crippen LogP contribution in [0.5, 0.6) is 5.75 Å². The highest BCUT2D eigenvalue weighted by Gasteiger charge is 2.30. The summed E-state index contributed by atoms with van der Waals surface area (Å²) in [5.74, 6) is 0.901. The van der Waals surface area contributed by atoms with E-state index >= 15 is 0 Å². The molecule has 3 rings (SSSR count). The second kappa shape index (κ2) is 4.27. The summed E-state index contributed by atoms with van der Waals surface area (Å²) in [4.78, 5) is 12.9. The Morgan fingerprint density at radius 3 is 2.82 bits per heavy atom.